The number of hydrogen-bond acceptors (Lipinski definition) is 3. The molecule has 2 aromatic rings. The molecule has 0 unspecified atom stereocenters. The molecule has 0 saturated carbocycles. The Bertz CT molecular complexity index is 693. The Morgan fingerprint density at radius 2 is 2.09 bits per heavy atom. The summed E-state index contributed by atoms with van der Waals surface area (Å²) in [5.41, 5.74) is 0.200. The second-order valence-corrected chi connectivity index (χ2v) is 4.87. The quantitative estimate of drug-likeness (QED) is 0.900. The third-order valence-electron chi connectivity index (χ3n) is 2.92. The van der Waals surface area contributed by atoms with Gasteiger partial charge in [-0.05, 0) is 24.1 Å². The molecular formula is C14H13F3N2O3. The van der Waals surface area contributed by atoms with E-state index in [1.165, 1.54) is 18.3 Å². The molecule has 0 fully saturated rings. The first kappa shape index (κ1) is 15.9. The van der Waals surface area contributed by atoms with Crippen LogP contribution in [-0.4, -0.2) is 27.4 Å². The fourth-order valence-corrected chi connectivity index (χ4v) is 1.93. The molecule has 0 aliphatic heterocycles. The minimum Gasteiger partial charge on any atom is -0.478 e. The lowest BCUT2D eigenvalue weighted by Crippen LogP contribution is -2.18. The van der Waals surface area contributed by atoms with E-state index in [1.807, 2.05) is 13.8 Å². The molecule has 0 saturated heterocycles. The molecular weight excluding hydrogens is 301 g/mol. The lowest BCUT2D eigenvalue weighted by molar-refractivity contribution is -0.274. The van der Waals surface area contributed by atoms with Gasteiger partial charge in [0.2, 0.25) is 0 Å². The van der Waals surface area contributed by atoms with Gasteiger partial charge in [0.15, 0.2) is 5.75 Å². The second kappa shape index (κ2) is 5.70. The number of nitrogens with one attached hydrogen (secondary N) is 1. The van der Waals surface area contributed by atoms with Gasteiger partial charge in [0.05, 0.1) is 11.3 Å². The Kier molecular flexibility index (Phi) is 4.11. The summed E-state index contributed by atoms with van der Waals surface area (Å²) in [5.74, 6) is -1.85. The van der Waals surface area contributed by atoms with Crippen LogP contribution in [0.5, 0.6) is 5.75 Å². The number of hydrogen-bond donors (Lipinski definition) is 2. The summed E-state index contributed by atoms with van der Waals surface area (Å²) in [4.78, 5) is 18.0. The van der Waals surface area contributed by atoms with Crippen LogP contribution in [0.25, 0.3) is 11.4 Å². The highest BCUT2D eigenvalue weighted by Gasteiger charge is 2.33. The van der Waals surface area contributed by atoms with Gasteiger partial charge in [-0.1, -0.05) is 13.8 Å². The molecule has 0 amide bonds. The van der Waals surface area contributed by atoms with E-state index >= 15 is 0 Å². The summed E-state index contributed by atoms with van der Waals surface area (Å²) in [6.07, 6.45) is -3.63. The van der Waals surface area contributed by atoms with Crippen LogP contribution in [0.1, 0.15) is 35.8 Å². The molecule has 2 aromatic heterocycles. The van der Waals surface area contributed by atoms with E-state index in [2.05, 4.69) is 14.7 Å². The smallest absolute Gasteiger partial charge is 0.478 e. The fraction of sp³-hybridized carbons (Fsp3) is 0.286. The Morgan fingerprint density at radius 1 is 1.41 bits per heavy atom. The van der Waals surface area contributed by atoms with Gasteiger partial charge in [0, 0.05) is 11.9 Å². The average Bonchev–Trinajstić information content (AvgIpc) is 2.82. The normalized spacial score (nSPS) is 11.7. The molecule has 2 heterocycles. The molecule has 2 N–H and O–H groups in total. The number of ether oxygens (including phenoxy) is 1. The number of aromatic amines is 1. The molecule has 0 aliphatic carbocycles. The number of alkyl halides is 3. The van der Waals surface area contributed by atoms with Gasteiger partial charge in [-0.2, -0.15) is 0 Å². The number of carbonyl (C=O) groups is 1. The monoisotopic (exact) mass is 314 g/mol. The summed E-state index contributed by atoms with van der Waals surface area (Å²) in [6, 6.07) is 3.74. The Labute approximate surface area is 123 Å². The van der Waals surface area contributed by atoms with Crippen molar-refractivity contribution in [2.24, 2.45) is 0 Å². The number of pyridine rings is 1. The van der Waals surface area contributed by atoms with Crippen molar-refractivity contribution in [3.05, 3.63) is 35.7 Å². The lowest BCUT2D eigenvalue weighted by atomic mass is 10.1. The first-order chi connectivity index (χ1) is 10.2. The van der Waals surface area contributed by atoms with Crippen LogP contribution in [0.3, 0.4) is 0 Å². The number of nitrogens with zero attached hydrogens (tertiary/aromatic N) is 1. The van der Waals surface area contributed by atoms with Crippen molar-refractivity contribution in [3.63, 3.8) is 0 Å². The topological polar surface area (TPSA) is 75.2 Å². The highest BCUT2D eigenvalue weighted by Crippen LogP contribution is 2.34. The van der Waals surface area contributed by atoms with Crippen molar-refractivity contribution in [1.82, 2.24) is 9.97 Å². The van der Waals surface area contributed by atoms with Gasteiger partial charge in [0.25, 0.3) is 0 Å². The maximum atomic E-state index is 12.5. The summed E-state index contributed by atoms with van der Waals surface area (Å²) in [6.45, 7) is 3.65. The van der Waals surface area contributed by atoms with E-state index in [4.69, 9.17) is 0 Å². The van der Waals surface area contributed by atoms with Crippen molar-refractivity contribution in [2.45, 2.75) is 26.1 Å². The number of H-pyrrole nitrogens is 1. The van der Waals surface area contributed by atoms with Gasteiger partial charge >= 0.3 is 12.3 Å². The highest BCUT2D eigenvalue weighted by atomic mass is 19.4. The summed E-state index contributed by atoms with van der Waals surface area (Å²) < 4.78 is 41.3. The molecule has 0 radical (unpaired) electrons. The fourth-order valence-electron chi connectivity index (χ4n) is 1.93. The van der Waals surface area contributed by atoms with Gasteiger partial charge in [0.1, 0.15) is 5.69 Å². The number of carboxylic acid groups (broad SMARTS) is 1. The lowest BCUT2D eigenvalue weighted by Gasteiger charge is -2.12. The molecule has 0 bridgehead atoms. The van der Waals surface area contributed by atoms with Crippen molar-refractivity contribution in [2.75, 3.05) is 0 Å². The van der Waals surface area contributed by atoms with E-state index in [0.717, 1.165) is 6.07 Å². The molecule has 0 aliphatic rings. The van der Waals surface area contributed by atoms with Crippen molar-refractivity contribution in [3.8, 4) is 17.1 Å². The van der Waals surface area contributed by atoms with Crippen LogP contribution < -0.4 is 4.74 Å². The molecule has 22 heavy (non-hydrogen) atoms. The number of aromatic carboxylic acids is 1. The molecule has 0 spiro atoms. The molecule has 5 nitrogen and oxygen atoms in total. The Hall–Kier alpha value is -2.51. The van der Waals surface area contributed by atoms with E-state index in [-0.39, 0.29) is 22.9 Å². The molecule has 0 atom stereocenters. The maximum Gasteiger partial charge on any atom is 0.573 e. The van der Waals surface area contributed by atoms with Gasteiger partial charge in [-0.15, -0.1) is 13.2 Å². The van der Waals surface area contributed by atoms with Gasteiger partial charge < -0.3 is 14.8 Å². The van der Waals surface area contributed by atoms with Crippen molar-refractivity contribution in [1.29, 1.82) is 0 Å². The second-order valence-electron chi connectivity index (χ2n) is 4.87. The molecule has 8 heteroatoms. The predicted molar refractivity (Wildman–Crippen MR) is 71.8 cm³/mol. The van der Waals surface area contributed by atoms with Crippen molar-refractivity contribution >= 4 is 5.97 Å². The minimum absolute atomic E-state index is 0.0175. The first-order valence-corrected chi connectivity index (χ1v) is 6.36. The van der Waals surface area contributed by atoms with Gasteiger partial charge in [-0.25, -0.2) is 4.79 Å². The van der Waals surface area contributed by atoms with Crippen LogP contribution in [0, 0.1) is 0 Å². The van der Waals surface area contributed by atoms with Crippen LogP contribution in [0.2, 0.25) is 0 Å². The molecule has 0 aromatic carbocycles. The molecule has 2 rings (SSSR count). The molecule has 118 valence electrons. The van der Waals surface area contributed by atoms with E-state index in [1.54, 1.807) is 0 Å². The third-order valence-corrected chi connectivity index (χ3v) is 2.92. The summed E-state index contributed by atoms with van der Waals surface area (Å²) in [5, 5.41) is 9.23. The maximum absolute atomic E-state index is 12.5. The number of rotatable bonds is 4. The van der Waals surface area contributed by atoms with E-state index in [0.29, 0.717) is 5.69 Å². The zero-order chi connectivity index (χ0) is 16.5. The zero-order valence-corrected chi connectivity index (χ0v) is 11.7. The number of halogens is 3. The van der Waals surface area contributed by atoms with Gasteiger partial charge in [-0.3, -0.25) is 4.98 Å². The number of aromatic nitrogens is 2. The summed E-state index contributed by atoms with van der Waals surface area (Å²) in [7, 11) is 0. The van der Waals surface area contributed by atoms with Crippen LogP contribution >= 0.6 is 0 Å². The van der Waals surface area contributed by atoms with E-state index < -0.39 is 18.1 Å². The highest BCUT2D eigenvalue weighted by molar-refractivity contribution is 5.95. The third kappa shape index (κ3) is 3.38. The zero-order valence-electron chi connectivity index (χ0n) is 11.7. The van der Waals surface area contributed by atoms with Crippen LogP contribution in [-0.2, 0) is 0 Å². The van der Waals surface area contributed by atoms with Crippen molar-refractivity contribution < 1.29 is 27.8 Å². The predicted octanol–water partition coefficient (Wildman–Crippen LogP) is 3.80. The largest absolute Gasteiger partial charge is 0.573 e. The standard InChI is InChI=1S/C14H13F3N2O3/c1-7(2)9-6-8(13(20)21)11(19-9)12-10(4-3-5-18-12)22-14(15,16)17/h3-7,19H,1-2H3,(H,20,21). The van der Waals surface area contributed by atoms with Crippen LogP contribution in [0.4, 0.5) is 13.2 Å². The minimum atomic E-state index is -4.89. The summed E-state index contributed by atoms with van der Waals surface area (Å²) >= 11 is 0. The average molecular weight is 314 g/mol. The van der Waals surface area contributed by atoms with E-state index in [9.17, 15) is 23.1 Å². The SMILES string of the molecule is CC(C)c1cc(C(=O)O)c(-c2ncccc2OC(F)(F)F)[nH]1. The Morgan fingerprint density at radius 3 is 2.64 bits per heavy atom. The van der Waals surface area contributed by atoms with Crippen LogP contribution in [0.15, 0.2) is 24.4 Å². The first-order valence-electron chi connectivity index (χ1n) is 6.36. The number of carboxylic acids is 1. The Balaban J connectivity index is 2.59.